The van der Waals surface area contributed by atoms with Gasteiger partial charge in [0.15, 0.2) is 11.5 Å². The van der Waals surface area contributed by atoms with E-state index in [4.69, 9.17) is 32.0 Å². The summed E-state index contributed by atoms with van der Waals surface area (Å²) in [6.45, 7) is 0. The Bertz CT molecular complexity index is 1450. The molecule has 154 valence electrons. The summed E-state index contributed by atoms with van der Waals surface area (Å²) in [7, 11) is 0. The summed E-state index contributed by atoms with van der Waals surface area (Å²) in [5.74, 6) is 1.38. The van der Waals surface area contributed by atoms with E-state index in [0.717, 1.165) is 44.2 Å². The highest BCUT2D eigenvalue weighted by Gasteiger charge is 2.15. The van der Waals surface area contributed by atoms with Gasteiger partial charge in [-0.15, -0.1) is 0 Å². The molecule has 0 aliphatic heterocycles. The van der Waals surface area contributed by atoms with Gasteiger partial charge in [0.05, 0.1) is 10.0 Å². The van der Waals surface area contributed by atoms with Crippen LogP contribution in [0.15, 0.2) is 106 Å². The number of halogens is 2. The third kappa shape index (κ3) is 3.12. The Kier molecular flexibility index (Phi) is 4.57. The number of furan rings is 2. The SMILES string of the molecule is Clc1c(-c2ccc(-c3ccc(-c4oc5ccccc5c4Cl)cc3)cc2)oc2ccccc12. The van der Waals surface area contributed by atoms with Crippen LogP contribution in [0.1, 0.15) is 0 Å². The fourth-order valence-electron chi connectivity index (χ4n) is 4.03. The molecule has 0 aliphatic rings. The van der Waals surface area contributed by atoms with Crippen molar-refractivity contribution >= 4 is 45.1 Å². The van der Waals surface area contributed by atoms with Crippen molar-refractivity contribution in [1.29, 1.82) is 0 Å². The summed E-state index contributed by atoms with van der Waals surface area (Å²) in [5, 5.41) is 3.13. The second kappa shape index (κ2) is 7.59. The van der Waals surface area contributed by atoms with Crippen LogP contribution in [0.2, 0.25) is 10.0 Å². The first-order chi connectivity index (χ1) is 15.7. The Hall–Kier alpha value is -3.46. The van der Waals surface area contributed by atoms with Crippen molar-refractivity contribution in [1.82, 2.24) is 0 Å². The van der Waals surface area contributed by atoms with E-state index in [1.54, 1.807) is 0 Å². The maximum atomic E-state index is 6.55. The Morgan fingerprint density at radius 1 is 0.406 bits per heavy atom. The highest BCUT2D eigenvalue weighted by molar-refractivity contribution is 6.38. The first kappa shape index (κ1) is 19.2. The van der Waals surface area contributed by atoms with Crippen molar-refractivity contribution in [3.05, 3.63) is 107 Å². The number of rotatable bonds is 3. The van der Waals surface area contributed by atoms with Crippen LogP contribution in [0.25, 0.3) is 55.7 Å². The zero-order chi connectivity index (χ0) is 21.7. The molecule has 0 N–H and O–H groups in total. The van der Waals surface area contributed by atoms with Crippen LogP contribution < -0.4 is 0 Å². The second-order valence-electron chi connectivity index (χ2n) is 7.64. The molecule has 6 aromatic rings. The molecule has 0 saturated heterocycles. The molecule has 0 fully saturated rings. The van der Waals surface area contributed by atoms with E-state index in [2.05, 4.69) is 24.3 Å². The third-order valence-corrected chi connectivity index (χ3v) is 6.45. The smallest absolute Gasteiger partial charge is 0.154 e. The number of fused-ring (bicyclic) bond motifs is 2. The molecular weight excluding hydrogens is 439 g/mol. The van der Waals surface area contributed by atoms with Crippen molar-refractivity contribution in [2.75, 3.05) is 0 Å². The molecule has 0 amide bonds. The lowest BCUT2D eigenvalue weighted by Crippen LogP contribution is -1.81. The summed E-state index contributed by atoms with van der Waals surface area (Å²) >= 11 is 13.1. The monoisotopic (exact) mass is 454 g/mol. The molecule has 0 unspecified atom stereocenters. The lowest BCUT2D eigenvalue weighted by Gasteiger charge is -2.05. The van der Waals surface area contributed by atoms with E-state index in [1.165, 1.54) is 0 Å². The van der Waals surface area contributed by atoms with Crippen LogP contribution in [-0.4, -0.2) is 0 Å². The average Bonchev–Trinajstić information content (AvgIpc) is 3.37. The number of para-hydroxylation sites is 2. The van der Waals surface area contributed by atoms with E-state index in [9.17, 15) is 0 Å². The molecule has 0 saturated carbocycles. The predicted molar refractivity (Wildman–Crippen MR) is 132 cm³/mol. The first-order valence-corrected chi connectivity index (χ1v) is 11.0. The van der Waals surface area contributed by atoms with E-state index >= 15 is 0 Å². The van der Waals surface area contributed by atoms with E-state index in [1.807, 2.05) is 72.8 Å². The largest absolute Gasteiger partial charge is 0.454 e. The highest BCUT2D eigenvalue weighted by atomic mass is 35.5. The fraction of sp³-hybridized carbons (Fsp3) is 0. The van der Waals surface area contributed by atoms with Gasteiger partial charge in [0.25, 0.3) is 0 Å². The quantitative estimate of drug-likeness (QED) is 0.266. The number of hydrogen-bond acceptors (Lipinski definition) is 2. The van der Waals surface area contributed by atoms with Crippen molar-refractivity contribution in [2.45, 2.75) is 0 Å². The zero-order valence-corrected chi connectivity index (χ0v) is 18.3. The van der Waals surface area contributed by atoms with E-state index < -0.39 is 0 Å². The van der Waals surface area contributed by atoms with Crippen LogP contribution in [-0.2, 0) is 0 Å². The lowest BCUT2D eigenvalue weighted by atomic mass is 10.0. The van der Waals surface area contributed by atoms with Gasteiger partial charge in [-0.1, -0.05) is 96.0 Å². The summed E-state index contributed by atoms with van der Waals surface area (Å²) in [4.78, 5) is 0. The first-order valence-electron chi connectivity index (χ1n) is 10.2. The van der Waals surface area contributed by atoms with Gasteiger partial charge in [0.1, 0.15) is 11.2 Å². The summed E-state index contributed by atoms with van der Waals surface area (Å²) < 4.78 is 12.0. The van der Waals surface area contributed by atoms with Gasteiger partial charge in [-0.25, -0.2) is 0 Å². The lowest BCUT2D eigenvalue weighted by molar-refractivity contribution is 0.631. The average molecular weight is 455 g/mol. The van der Waals surface area contributed by atoms with E-state index in [-0.39, 0.29) is 0 Å². The topological polar surface area (TPSA) is 26.3 Å². The van der Waals surface area contributed by atoms with Crippen LogP contribution in [0, 0.1) is 0 Å². The van der Waals surface area contributed by atoms with Crippen molar-refractivity contribution < 1.29 is 8.83 Å². The standard InChI is InChI=1S/C28H16Cl2O2/c29-25-21-5-1-3-7-23(21)31-27(25)19-13-9-17(10-14-19)18-11-15-20(16-12-18)28-26(30)22-6-2-4-8-24(22)32-28/h1-16H. The summed E-state index contributed by atoms with van der Waals surface area (Å²) in [5.41, 5.74) is 5.67. The molecule has 4 heteroatoms. The molecule has 0 atom stereocenters. The Balaban J connectivity index is 1.32. The minimum absolute atomic E-state index is 0.639. The maximum absolute atomic E-state index is 6.55. The third-order valence-electron chi connectivity index (χ3n) is 5.70. The Morgan fingerprint density at radius 2 is 0.750 bits per heavy atom. The highest BCUT2D eigenvalue weighted by Crippen LogP contribution is 2.39. The Labute approximate surface area is 194 Å². The van der Waals surface area contributed by atoms with Crippen LogP contribution in [0.3, 0.4) is 0 Å². The number of benzene rings is 4. The van der Waals surface area contributed by atoms with Gasteiger partial charge in [0.2, 0.25) is 0 Å². The molecule has 0 aliphatic carbocycles. The molecule has 6 rings (SSSR count). The van der Waals surface area contributed by atoms with Gasteiger partial charge in [-0.2, -0.15) is 0 Å². The molecule has 0 bridgehead atoms. The summed E-state index contributed by atoms with van der Waals surface area (Å²) in [6, 6.07) is 32.0. The fourth-order valence-corrected chi connectivity index (χ4v) is 4.64. The molecule has 4 aromatic carbocycles. The van der Waals surface area contributed by atoms with Crippen LogP contribution >= 0.6 is 23.2 Å². The molecule has 2 nitrogen and oxygen atoms in total. The second-order valence-corrected chi connectivity index (χ2v) is 8.39. The normalized spacial score (nSPS) is 11.4. The molecule has 32 heavy (non-hydrogen) atoms. The molecule has 0 spiro atoms. The van der Waals surface area contributed by atoms with Gasteiger partial charge in [0, 0.05) is 21.9 Å². The van der Waals surface area contributed by atoms with Crippen molar-refractivity contribution in [3.63, 3.8) is 0 Å². The zero-order valence-electron chi connectivity index (χ0n) is 16.8. The summed E-state index contributed by atoms with van der Waals surface area (Å²) in [6.07, 6.45) is 0. The van der Waals surface area contributed by atoms with Crippen molar-refractivity contribution in [2.24, 2.45) is 0 Å². The number of hydrogen-bond donors (Lipinski definition) is 0. The molecule has 0 radical (unpaired) electrons. The maximum Gasteiger partial charge on any atom is 0.154 e. The van der Waals surface area contributed by atoms with E-state index in [0.29, 0.717) is 21.6 Å². The molecule has 2 aromatic heterocycles. The van der Waals surface area contributed by atoms with Crippen molar-refractivity contribution in [3.8, 4) is 33.8 Å². The van der Waals surface area contributed by atoms with Gasteiger partial charge in [-0.05, 0) is 35.4 Å². The molecule has 2 heterocycles. The van der Waals surface area contributed by atoms with Gasteiger partial charge < -0.3 is 8.83 Å². The predicted octanol–water partition coefficient (Wildman–Crippen LogP) is 9.49. The van der Waals surface area contributed by atoms with Crippen LogP contribution in [0.5, 0.6) is 0 Å². The molecular formula is C28H16Cl2O2. The minimum atomic E-state index is 0.639. The Morgan fingerprint density at radius 3 is 1.12 bits per heavy atom. The van der Waals surface area contributed by atoms with Gasteiger partial charge >= 0.3 is 0 Å². The van der Waals surface area contributed by atoms with Crippen LogP contribution in [0.4, 0.5) is 0 Å². The van der Waals surface area contributed by atoms with Gasteiger partial charge in [-0.3, -0.25) is 0 Å². The minimum Gasteiger partial charge on any atom is -0.454 e.